The molecule has 0 fully saturated rings. The van der Waals surface area contributed by atoms with Crippen molar-refractivity contribution in [1.29, 1.82) is 5.41 Å². The van der Waals surface area contributed by atoms with Gasteiger partial charge in [-0.3, -0.25) is 4.98 Å². The number of H-pyrrole nitrogens is 1. The summed E-state index contributed by atoms with van der Waals surface area (Å²) in [5.74, 6) is 0.670. The lowest BCUT2D eigenvalue weighted by Gasteiger charge is -1.98. The van der Waals surface area contributed by atoms with Crippen molar-refractivity contribution in [3.05, 3.63) is 66.4 Å². The minimum Gasteiger partial charge on any atom is -0.424 e. The van der Waals surface area contributed by atoms with Crippen LogP contribution in [-0.4, -0.2) is 25.6 Å². The molecule has 0 saturated carbocycles. The highest BCUT2D eigenvalue weighted by Gasteiger charge is 2.06. The van der Waals surface area contributed by atoms with E-state index in [-0.39, 0.29) is 6.01 Å². The first kappa shape index (κ1) is 14.8. The van der Waals surface area contributed by atoms with Crippen LogP contribution in [0.3, 0.4) is 0 Å². The summed E-state index contributed by atoms with van der Waals surface area (Å²) in [4.78, 5) is 15.6. The zero-order valence-electron chi connectivity index (χ0n) is 13.1. The number of nitrogens with two attached hydrogens (primary N) is 1. The Labute approximate surface area is 142 Å². The lowest BCUT2D eigenvalue weighted by molar-refractivity contribution is 0.626. The first-order chi connectivity index (χ1) is 12.2. The Kier molecular flexibility index (Phi) is 3.59. The molecule has 0 spiro atoms. The Hall–Kier alpha value is -3.74. The van der Waals surface area contributed by atoms with Crippen molar-refractivity contribution in [2.45, 2.75) is 0 Å². The molecule has 4 aromatic rings. The first-order valence-electron chi connectivity index (χ1n) is 7.57. The molecule has 4 rings (SSSR count). The maximum Gasteiger partial charge on any atom is 0.292 e. The van der Waals surface area contributed by atoms with Gasteiger partial charge in [-0.2, -0.15) is 4.98 Å². The molecule has 0 radical (unpaired) electrons. The lowest BCUT2D eigenvalue weighted by Crippen LogP contribution is -1.94. The number of hydrogen-bond donors (Lipinski definition) is 3. The van der Waals surface area contributed by atoms with Gasteiger partial charge in [0.25, 0.3) is 6.01 Å². The summed E-state index contributed by atoms with van der Waals surface area (Å²) in [5.41, 5.74) is 9.73. The third-order valence-corrected chi connectivity index (χ3v) is 3.71. The van der Waals surface area contributed by atoms with Gasteiger partial charge in [0.1, 0.15) is 11.3 Å². The maximum absolute atomic E-state index is 8.21. The summed E-state index contributed by atoms with van der Waals surface area (Å²) in [6, 6.07) is 9.25. The summed E-state index contributed by atoms with van der Waals surface area (Å²) >= 11 is 0. The van der Waals surface area contributed by atoms with Gasteiger partial charge in [0.2, 0.25) is 0 Å². The third kappa shape index (κ3) is 3.02. The Morgan fingerprint density at radius 2 is 2.04 bits per heavy atom. The molecule has 7 nitrogen and oxygen atoms in total. The van der Waals surface area contributed by atoms with E-state index in [2.05, 4.69) is 19.9 Å². The number of rotatable bonds is 4. The number of allylic oxidation sites excluding steroid dienone is 1. The summed E-state index contributed by atoms with van der Waals surface area (Å²) in [7, 11) is 0. The van der Waals surface area contributed by atoms with Gasteiger partial charge < -0.3 is 20.5 Å². The molecule has 0 amide bonds. The average Bonchev–Trinajstić information content (AvgIpc) is 3.25. The van der Waals surface area contributed by atoms with Crippen LogP contribution in [0.2, 0.25) is 0 Å². The quantitative estimate of drug-likeness (QED) is 0.496. The third-order valence-electron chi connectivity index (χ3n) is 3.71. The fourth-order valence-electron chi connectivity index (χ4n) is 2.47. The maximum atomic E-state index is 8.21. The number of anilines is 1. The topological polar surface area (TPSA) is 117 Å². The van der Waals surface area contributed by atoms with E-state index in [4.69, 9.17) is 15.6 Å². The van der Waals surface area contributed by atoms with Crippen molar-refractivity contribution >= 4 is 28.9 Å². The van der Waals surface area contributed by atoms with Crippen LogP contribution in [0.1, 0.15) is 11.4 Å². The Bertz CT molecular complexity index is 1080. The van der Waals surface area contributed by atoms with E-state index in [0.717, 1.165) is 16.8 Å². The first-order valence-corrected chi connectivity index (χ1v) is 7.57. The Morgan fingerprint density at radius 1 is 1.20 bits per heavy atom. The van der Waals surface area contributed by atoms with Crippen LogP contribution in [0.15, 0.2) is 59.4 Å². The number of aromatic nitrogens is 4. The van der Waals surface area contributed by atoms with Crippen molar-refractivity contribution < 1.29 is 4.42 Å². The summed E-state index contributed by atoms with van der Waals surface area (Å²) in [6.07, 6.45) is 8.65. The van der Waals surface area contributed by atoms with E-state index >= 15 is 0 Å². The molecular formula is C18H14N6O. The van der Waals surface area contributed by atoms with E-state index in [9.17, 15) is 0 Å². The average molecular weight is 330 g/mol. The van der Waals surface area contributed by atoms with Gasteiger partial charge in [-0.05, 0) is 42.5 Å². The molecular weight excluding hydrogens is 316 g/mol. The second-order valence-corrected chi connectivity index (χ2v) is 5.40. The molecule has 0 aliphatic heterocycles. The van der Waals surface area contributed by atoms with Crippen LogP contribution in [0, 0.1) is 5.41 Å². The van der Waals surface area contributed by atoms with Gasteiger partial charge in [0.05, 0.1) is 17.6 Å². The van der Waals surface area contributed by atoms with Crippen molar-refractivity contribution in [1.82, 2.24) is 19.9 Å². The SMILES string of the molecule is N=C(/C=C\c1ncc(-c2ccncc2)[nH]1)c1ccc2oc(N)nc2c1. The van der Waals surface area contributed by atoms with Crippen molar-refractivity contribution in [3.8, 4) is 11.3 Å². The van der Waals surface area contributed by atoms with Gasteiger partial charge in [-0.1, -0.05) is 0 Å². The number of aromatic amines is 1. The number of benzene rings is 1. The standard InChI is InChI=1S/C18H14N6O/c19-13(12-1-3-16-14(9-12)24-18(20)25-16)2-4-17-22-10-15(23-17)11-5-7-21-8-6-11/h1-10,19H,(H2,20,24)(H,22,23)/b4-2-,19-13?. The molecule has 0 unspecified atom stereocenters. The van der Waals surface area contributed by atoms with E-state index < -0.39 is 0 Å². The van der Waals surface area contributed by atoms with Crippen LogP contribution >= 0.6 is 0 Å². The highest BCUT2D eigenvalue weighted by molar-refractivity contribution is 6.09. The van der Waals surface area contributed by atoms with Crippen molar-refractivity contribution in [2.75, 3.05) is 5.73 Å². The summed E-state index contributed by atoms with van der Waals surface area (Å²) in [6.45, 7) is 0. The summed E-state index contributed by atoms with van der Waals surface area (Å²) in [5, 5.41) is 8.21. The van der Waals surface area contributed by atoms with Gasteiger partial charge >= 0.3 is 0 Å². The van der Waals surface area contributed by atoms with Crippen LogP contribution in [0.5, 0.6) is 0 Å². The molecule has 0 atom stereocenters. The predicted molar refractivity (Wildman–Crippen MR) is 96.1 cm³/mol. The van der Waals surface area contributed by atoms with Gasteiger partial charge in [0, 0.05) is 23.5 Å². The van der Waals surface area contributed by atoms with Crippen LogP contribution in [0.4, 0.5) is 6.01 Å². The smallest absolute Gasteiger partial charge is 0.292 e. The minimum atomic E-state index is 0.119. The fraction of sp³-hybridized carbons (Fsp3) is 0. The van der Waals surface area contributed by atoms with Crippen molar-refractivity contribution in [3.63, 3.8) is 0 Å². The Morgan fingerprint density at radius 3 is 2.88 bits per heavy atom. The highest BCUT2D eigenvalue weighted by atomic mass is 16.4. The van der Waals surface area contributed by atoms with Crippen LogP contribution < -0.4 is 5.73 Å². The monoisotopic (exact) mass is 330 g/mol. The molecule has 25 heavy (non-hydrogen) atoms. The molecule has 1 aromatic carbocycles. The largest absolute Gasteiger partial charge is 0.424 e. The van der Waals surface area contributed by atoms with E-state index in [1.54, 1.807) is 48.9 Å². The van der Waals surface area contributed by atoms with E-state index in [1.165, 1.54) is 0 Å². The molecule has 4 N–H and O–H groups in total. The summed E-state index contributed by atoms with van der Waals surface area (Å²) < 4.78 is 5.24. The van der Waals surface area contributed by atoms with Crippen LogP contribution in [0.25, 0.3) is 28.4 Å². The number of imidazole rings is 1. The normalized spacial score (nSPS) is 11.4. The highest BCUT2D eigenvalue weighted by Crippen LogP contribution is 2.19. The molecule has 0 aliphatic rings. The number of nitrogens with zero attached hydrogens (tertiary/aromatic N) is 3. The molecule has 0 aliphatic carbocycles. The lowest BCUT2D eigenvalue weighted by atomic mass is 10.1. The van der Waals surface area contributed by atoms with E-state index in [1.807, 2.05) is 12.1 Å². The number of hydrogen-bond acceptors (Lipinski definition) is 6. The zero-order valence-corrected chi connectivity index (χ0v) is 13.1. The number of nitrogens with one attached hydrogen (secondary N) is 2. The van der Waals surface area contributed by atoms with Gasteiger partial charge in [-0.25, -0.2) is 4.98 Å². The zero-order chi connectivity index (χ0) is 17.2. The molecule has 0 bridgehead atoms. The Balaban J connectivity index is 1.54. The second kappa shape index (κ2) is 6.04. The molecule has 3 aromatic heterocycles. The number of fused-ring (bicyclic) bond motifs is 1. The number of pyridine rings is 1. The van der Waals surface area contributed by atoms with Gasteiger partial charge in [0.15, 0.2) is 5.58 Å². The molecule has 7 heteroatoms. The van der Waals surface area contributed by atoms with Crippen molar-refractivity contribution in [2.24, 2.45) is 0 Å². The predicted octanol–water partition coefficient (Wildman–Crippen LogP) is 3.28. The molecule has 3 heterocycles. The molecule has 122 valence electrons. The number of nitrogen functional groups attached to an aromatic ring is 1. The molecule has 0 saturated heterocycles. The fourth-order valence-corrected chi connectivity index (χ4v) is 2.47. The minimum absolute atomic E-state index is 0.119. The van der Waals surface area contributed by atoms with Gasteiger partial charge in [-0.15, -0.1) is 0 Å². The number of oxazole rings is 1. The van der Waals surface area contributed by atoms with E-state index in [0.29, 0.717) is 22.6 Å². The van der Waals surface area contributed by atoms with Crippen LogP contribution in [-0.2, 0) is 0 Å². The second-order valence-electron chi connectivity index (χ2n) is 5.40.